The van der Waals surface area contributed by atoms with Gasteiger partial charge in [-0.15, -0.1) is 0 Å². The molecule has 0 aromatic heterocycles. The molecule has 0 saturated carbocycles. The van der Waals surface area contributed by atoms with Crippen LogP contribution in [0.5, 0.6) is 0 Å². The number of carbonyl (C=O) groups is 2. The first-order valence-electron chi connectivity index (χ1n) is 7.53. The fourth-order valence-electron chi connectivity index (χ4n) is 2.49. The van der Waals surface area contributed by atoms with Gasteiger partial charge in [0.25, 0.3) is 0 Å². The number of rotatable bonds is 3. The lowest BCUT2D eigenvalue weighted by atomic mass is 9.93. The third-order valence-corrected chi connectivity index (χ3v) is 4.08. The minimum Gasteiger partial charge on any atom is -0.480 e. The van der Waals surface area contributed by atoms with E-state index in [-0.39, 0.29) is 12.1 Å². The van der Waals surface area contributed by atoms with Crippen LogP contribution in [0.3, 0.4) is 0 Å². The van der Waals surface area contributed by atoms with E-state index in [2.05, 4.69) is 24.1 Å². The highest BCUT2D eigenvalue weighted by molar-refractivity contribution is 5.74. The van der Waals surface area contributed by atoms with Gasteiger partial charge in [-0.25, -0.2) is 0 Å². The maximum absolute atomic E-state index is 10.5. The maximum atomic E-state index is 10.5. The first kappa shape index (κ1) is 17.7. The minimum absolute atomic E-state index is 0.294. The van der Waals surface area contributed by atoms with Gasteiger partial charge >= 0.3 is 11.9 Å². The highest BCUT2D eigenvalue weighted by Gasteiger charge is 2.23. The first-order valence-corrected chi connectivity index (χ1v) is 7.53. The van der Waals surface area contributed by atoms with Crippen molar-refractivity contribution in [3.05, 3.63) is 12.2 Å². The van der Waals surface area contributed by atoms with E-state index >= 15 is 0 Å². The molecular formula is C15H26N2O4. The Balaban J connectivity index is 0.000000211. The lowest BCUT2D eigenvalue weighted by Gasteiger charge is -2.26. The van der Waals surface area contributed by atoms with Crippen molar-refractivity contribution in [1.29, 1.82) is 0 Å². The molecular weight excluding hydrogens is 272 g/mol. The third kappa shape index (κ3) is 6.27. The van der Waals surface area contributed by atoms with Gasteiger partial charge in [0.2, 0.25) is 0 Å². The maximum Gasteiger partial charge on any atom is 0.320 e. The van der Waals surface area contributed by atoms with Crippen molar-refractivity contribution in [2.45, 2.75) is 51.1 Å². The highest BCUT2D eigenvalue weighted by atomic mass is 16.4. The summed E-state index contributed by atoms with van der Waals surface area (Å²) in [6.45, 7) is 7.42. The van der Waals surface area contributed by atoms with E-state index in [1.54, 1.807) is 0 Å². The predicted molar refractivity (Wildman–Crippen MR) is 80.2 cm³/mol. The molecule has 21 heavy (non-hydrogen) atoms. The molecule has 0 amide bonds. The van der Waals surface area contributed by atoms with Crippen LogP contribution in [-0.4, -0.2) is 47.3 Å². The summed E-state index contributed by atoms with van der Waals surface area (Å²) in [5.41, 5.74) is 1.09. The van der Waals surface area contributed by atoms with Gasteiger partial charge < -0.3 is 20.8 Å². The zero-order valence-electron chi connectivity index (χ0n) is 12.6. The molecule has 2 aliphatic heterocycles. The average molecular weight is 298 g/mol. The summed E-state index contributed by atoms with van der Waals surface area (Å²) < 4.78 is 0. The Bertz CT molecular complexity index is 366. The highest BCUT2D eigenvalue weighted by Crippen LogP contribution is 2.16. The van der Waals surface area contributed by atoms with Crippen LogP contribution < -0.4 is 10.6 Å². The van der Waals surface area contributed by atoms with Crippen molar-refractivity contribution in [3.63, 3.8) is 0 Å². The fourth-order valence-corrected chi connectivity index (χ4v) is 2.49. The van der Waals surface area contributed by atoms with Crippen LogP contribution in [0.25, 0.3) is 0 Å². The lowest BCUT2D eigenvalue weighted by Crippen LogP contribution is -2.43. The van der Waals surface area contributed by atoms with Crippen LogP contribution in [0.1, 0.15) is 39.0 Å². The molecule has 0 aromatic carbocycles. The quantitative estimate of drug-likeness (QED) is 0.585. The number of hydrogen-bond donors (Lipinski definition) is 4. The molecule has 3 atom stereocenters. The second kappa shape index (κ2) is 8.79. The van der Waals surface area contributed by atoms with Crippen LogP contribution in [0.4, 0.5) is 0 Å². The Morgan fingerprint density at radius 3 is 2.14 bits per heavy atom. The molecule has 2 fully saturated rings. The summed E-state index contributed by atoms with van der Waals surface area (Å²) in [7, 11) is 0. The van der Waals surface area contributed by atoms with Crippen LogP contribution in [0.2, 0.25) is 0 Å². The number of carboxylic acid groups (broad SMARTS) is 2. The van der Waals surface area contributed by atoms with Crippen LogP contribution >= 0.6 is 0 Å². The van der Waals surface area contributed by atoms with E-state index in [0.717, 1.165) is 37.8 Å². The Morgan fingerprint density at radius 2 is 1.76 bits per heavy atom. The smallest absolute Gasteiger partial charge is 0.320 e. The molecule has 0 unspecified atom stereocenters. The van der Waals surface area contributed by atoms with E-state index in [1.807, 2.05) is 0 Å². The Labute approximate surface area is 125 Å². The zero-order valence-corrected chi connectivity index (χ0v) is 12.6. The lowest BCUT2D eigenvalue weighted by molar-refractivity contribution is -0.141. The molecule has 2 saturated heterocycles. The Morgan fingerprint density at radius 1 is 1.14 bits per heavy atom. The summed E-state index contributed by atoms with van der Waals surface area (Å²) in [5, 5.41) is 23.1. The van der Waals surface area contributed by atoms with Gasteiger partial charge in [-0.3, -0.25) is 9.59 Å². The zero-order chi connectivity index (χ0) is 15.8. The largest absolute Gasteiger partial charge is 0.480 e. The van der Waals surface area contributed by atoms with Gasteiger partial charge in [-0.05, 0) is 38.1 Å². The molecule has 120 valence electrons. The van der Waals surface area contributed by atoms with Crippen molar-refractivity contribution in [3.8, 4) is 0 Å². The number of nitrogens with one attached hydrogen (secondary N) is 2. The van der Waals surface area contributed by atoms with Crippen molar-refractivity contribution in [2.24, 2.45) is 5.92 Å². The van der Waals surface area contributed by atoms with Crippen molar-refractivity contribution < 1.29 is 19.8 Å². The molecule has 6 heteroatoms. The summed E-state index contributed by atoms with van der Waals surface area (Å²) in [6.07, 6.45) is 4.51. The second-order valence-corrected chi connectivity index (χ2v) is 5.71. The minimum atomic E-state index is -0.757. The normalized spacial score (nSPS) is 29.2. The molecule has 0 radical (unpaired) electrons. The fraction of sp³-hybridized carbons (Fsp3) is 0.733. The topological polar surface area (TPSA) is 98.7 Å². The van der Waals surface area contributed by atoms with Gasteiger partial charge in [-0.2, -0.15) is 0 Å². The molecule has 6 nitrogen and oxygen atoms in total. The van der Waals surface area contributed by atoms with E-state index in [1.165, 1.54) is 0 Å². The van der Waals surface area contributed by atoms with Gasteiger partial charge in [0.1, 0.15) is 12.1 Å². The number of piperidine rings is 2. The Hall–Kier alpha value is -1.40. The van der Waals surface area contributed by atoms with Gasteiger partial charge in [-0.1, -0.05) is 25.5 Å². The van der Waals surface area contributed by atoms with Crippen LogP contribution in [0, 0.1) is 5.92 Å². The molecule has 0 aromatic rings. The van der Waals surface area contributed by atoms with Gasteiger partial charge in [0.05, 0.1) is 0 Å². The summed E-state index contributed by atoms with van der Waals surface area (Å²) in [5.74, 6) is -0.780. The van der Waals surface area contributed by atoms with E-state index in [0.29, 0.717) is 18.9 Å². The monoisotopic (exact) mass is 298 g/mol. The Kier molecular flexibility index (Phi) is 7.39. The molecule has 0 aliphatic carbocycles. The van der Waals surface area contributed by atoms with Crippen molar-refractivity contribution >= 4 is 11.9 Å². The number of aliphatic carboxylic acids is 2. The molecule has 0 spiro atoms. The summed E-state index contributed by atoms with van der Waals surface area (Å²) in [6, 6.07) is -0.650. The molecule has 2 heterocycles. The summed E-state index contributed by atoms with van der Waals surface area (Å²) in [4.78, 5) is 20.9. The van der Waals surface area contributed by atoms with E-state index in [9.17, 15) is 9.59 Å². The molecule has 2 rings (SSSR count). The first-order chi connectivity index (χ1) is 9.93. The molecule has 2 aliphatic rings. The molecule has 0 bridgehead atoms. The van der Waals surface area contributed by atoms with E-state index in [4.69, 9.17) is 10.2 Å². The average Bonchev–Trinajstić information content (AvgIpc) is 2.48. The van der Waals surface area contributed by atoms with Gasteiger partial charge in [0, 0.05) is 6.54 Å². The number of hydrogen-bond acceptors (Lipinski definition) is 4. The number of carboxylic acids is 2. The standard InChI is InChI=1S/C8H15NO2.C7H11NO2/c1-2-6-3-4-7(8(10)11)9-5-6;1-5-2-3-6(7(9)10)8-4-5/h6-7,9H,2-5H2,1H3,(H,10,11);6,8H,1-4H2,(H,9,10)/t6-,7+;6-/m10/s1. The van der Waals surface area contributed by atoms with Crippen LogP contribution in [-0.2, 0) is 9.59 Å². The molecule has 4 N–H and O–H groups in total. The van der Waals surface area contributed by atoms with E-state index < -0.39 is 11.9 Å². The SMILES string of the molecule is C=C1CC[C@@H](C(=O)O)NC1.CC[C@@H]1CC[C@@H](C(=O)O)NC1. The third-order valence-electron chi connectivity index (χ3n) is 4.08. The van der Waals surface area contributed by atoms with Crippen LogP contribution in [0.15, 0.2) is 12.2 Å². The second-order valence-electron chi connectivity index (χ2n) is 5.71. The predicted octanol–water partition coefficient (Wildman–Crippen LogP) is 1.23. The van der Waals surface area contributed by atoms with Crippen molar-refractivity contribution in [1.82, 2.24) is 10.6 Å². The summed E-state index contributed by atoms with van der Waals surface area (Å²) >= 11 is 0. The van der Waals surface area contributed by atoms with Gasteiger partial charge in [0.15, 0.2) is 0 Å². The van der Waals surface area contributed by atoms with Crippen molar-refractivity contribution in [2.75, 3.05) is 13.1 Å².